The number of phosphoric acid groups is 2. The van der Waals surface area contributed by atoms with Crippen LogP contribution in [0.15, 0.2) is 0 Å². The lowest BCUT2D eigenvalue weighted by Gasteiger charge is -2.21. The van der Waals surface area contributed by atoms with Crippen molar-refractivity contribution in [3.05, 3.63) is 0 Å². The Morgan fingerprint density at radius 2 is 0.490 bits per heavy atom. The number of aliphatic hydroxyl groups excluding tert-OH is 1. The van der Waals surface area contributed by atoms with Gasteiger partial charge in [0.2, 0.25) is 0 Å². The number of hydrogen-bond donors (Lipinski definition) is 3. The Morgan fingerprint density at radius 3 is 0.724 bits per heavy atom. The van der Waals surface area contributed by atoms with Gasteiger partial charge >= 0.3 is 39.5 Å². The molecule has 0 amide bonds. The van der Waals surface area contributed by atoms with Gasteiger partial charge in [-0.05, 0) is 43.4 Å². The zero-order chi connectivity index (χ0) is 72.3. The van der Waals surface area contributed by atoms with Crippen molar-refractivity contribution in [1.29, 1.82) is 0 Å². The first-order valence-electron chi connectivity index (χ1n) is 41.0. The maximum absolute atomic E-state index is 13.1. The molecule has 0 rings (SSSR count). The molecule has 0 saturated carbocycles. The van der Waals surface area contributed by atoms with E-state index >= 15 is 0 Å². The summed E-state index contributed by atoms with van der Waals surface area (Å²) in [5, 5.41) is 10.6. The highest BCUT2D eigenvalue weighted by Crippen LogP contribution is 2.45. The van der Waals surface area contributed by atoms with Crippen LogP contribution in [0.4, 0.5) is 0 Å². The molecule has 0 saturated heterocycles. The highest BCUT2D eigenvalue weighted by Gasteiger charge is 2.30. The third-order valence-corrected chi connectivity index (χ3v) is 21.4. The molecule has 19 heteroatoms. The summed E-state index contributed by atoms with van der Waals surface area (Å²) >= 11 is 0. The standard InChI is InChI=1S/C79H154O17P2/c1-8-12-13-14-15-16-17-23-32-39-46-53-60-76(81)89-66-75(96-79(84)63-56-49-42-35-28-26-31-38-45-52-59-72(7)11-4)69-94-98(87,88)92-65-73(80)64-91-97(85,86)93-68-74(67-90-77(82)61-54-47-40-33-27-25-30-37-44-51-58-71(6)10-3)95-78(83)62-55-48-41-34-24-21-19-18-20-22-29-36-43-50-57-70(5)9-2/h70-75,80H,8-69H2,1-7H3,(H,85,86)(H,87,88)/t70?,71?,72?,73-,74-,75-/m1/s1. The van der Waals surface area contributed by atoms with Gasteiger partial charge in [0.25, 0.3) is 0 Å². The largest absolute Gasteiger partial charge is 0.472 e. The third kappa shape index (κ3) is 68.5. The van der Waals surface area contributed by atoms with Crippen LogP contribution in [0.3, 0.4) is 0 Å². The molecule has 17 nitrogen and oxygen atoms in total. The molecule has 0 radical (unpaired) electrons. The van der Waals surface area contributed by atoms with Gasteiger partial charge in [0, 0.05) is 25.7 Å². The molecule has 0 aliphatic rings. The van der Waals surface area contributed by atoms with Gasteiger partial charge in [-0.1, -0.05) is 357 Å². The van der Waals surface area contributed by atoms with E-state index in [0.717, 1.165) is 108 Å². The minimum atomic E-state index is -4.96. The van der Waals surface area contributed by atoms with E-state index in [9.17, 15) is 43.2 Å². The molecular formula is C79H154O17P2. The van der Waals surface area contributed by atoms with Gasteiger partial charge in [-0.2, -0.15) is 0 Å². The van der Waals surface area contributed by atoms with Crippen molar-refractivity contribution >= 4 is 39.5 Å². The fraction of sp³-hybridized carbons (Fsp3) is 0.949. The maximum atomic E-state index is 13.1. The number of aliphatic hydroxyl groups is 1. The molecule has 0 spiro atoms. The smallest absolute Gasteiger partial charge is 0.462 e. The molecule has 0 fully saturated rings. The Bertz CT molecular complexity index is 1910. The Hall–Kier alpha value is -1.94. The quantitative estimate of drug-likeness (QED) is 0.0222. The summed E-state index contributed by atoms with van der Waals surface area (Å²) in [6.07, 6.45) is 56.5. The molecule has 8 atom stereocenters. The molecule has 5 unspecified atom stereocenters. The van der Waals surface area contributed by atoms with Crippen molar-refractivity contribution < 1.29 is 80.2 Å². The van der Waals surface area contributed by atoms with Gasteiger partial charge in [-0.15, -0.1) is 0 Å². The van der Waals surface area contributed by atoms with E-state index in [1.807, 2.05) is 0 Å². The number of unbranched alkanes of at least 4 members (excludes halogenated alkanes) is 42. The van der Waals surface area contributed by atoms with Crippen LogP contribution < -0.4 is 0 Å². The second-order valence-electron chi connectivity index (χ2n) is 29.2. The molecule has 582 valence electrons. The minimum absolute atomic E-state index is 0.106. The molecule has 0 bridgehead atoms. The molecule has 0 aromatic heterocycles. The van der Waals surface area contributed by atoms with Crippen molar-refractivity contribution in [2.45, 2.75) is 426 Å². The van der Waals surface area contributed by atoms with E-state index in [1.54, 1.807) is 0 Å². The van der Waals surface area contributed by atoms with E-state index in [0.29, 0.717) is 25.7 Å². The van der Waals surface area contributed by atoms with Crippen molar-refractivity contribution in [1.82, 2.24) is 0 Å². The Balaban J connectivity index is 5.28. The summed E-state index contributed by atoms with van der Waals surface area (Å²) in [7, 11) is -9.92. The summed E-state index contributed by atoms with van der Waals surface area (Å²) in [6.45, 7) is 12.0. The third-order valence-electron chi connectivity index (χ3n) is 19.5. The summed E-state index contributed by atoms with van der Waals surface area (Å²) in [6, 6.07) is 0. The van der Waals surface area contributed by atoms with Crippen LogP contribution in [-0.2, 0) is 65.4 Å². The Kier molecular flexibility index (Phi) is 68.1. The minimum Gasteiger partial charge on any atom is -0.462 e. The highest BCUT2D eigenvalue weighted by atomic mass is 31.2. The van der Waals surface area contributed by atoms with E-state index in [-0.39, 0.29) is 25.7 Å². The van der Waals surface area contributed by atoms with E-state index in [4.69, 9.17) is 37.0 Å². The van der Waals surface area contributed by atoms with Crippen molar-refractivity contribution in [2.75, 3.05) is 39.6 Å². The number of phosphoric ester groups is 2. The summed E-state index contributed by atoms with van der Waals surface area (Å²) in [4.78, 5) is 73.0. The van der Waals surface area contributed by atoms with Crippen LogP contribution in [0.5, 0.6) is 0 Å². The molecular weight excluding hydrogens is 1280 g/mol. The van der Waals surface area contributed by atoms with E-state index < -0.39 is 97.5 Å². The maximum Gasteiger partial charge on any atom is 0.472 e. The van der Waals surface area contributed by atoms with Crippen molar-refractivity contribution in [3.8, 4) is 0 Å². The Labute approximate surface area is 600 Å². The lowest BCUT2D eigenvalue weighted by atomic mass is 9.99. The lowest BCUT2D eigenvalue weighted by molar-refractivity contribution is -0.161. The fourth-order valence-corrected chi connectivity index (χ4v) is 13.6. The van der Waals surface area contributed by atoms with E-state index in [2.05, 4.69) is 48.5 Å². The highest BCUT2D eigenvalue weighted by molar-refractivity contribution is 7.47. The first kappa shape index (κ1) is 96.1. The van der Waals surface area contributed by atoms with Crippen LogP contribution in [-0.4, -0.2) is 96.7 Å². The van der Waals surface area contributed by atoms with Crippen molar-refractivity contribution in [3.63, 3.8) is 0 Å². The molecule has 98 heavy (non-hydrogen) atoms. The zero-order valence-electron chi connectivity index (χ0n) is 64.3. The number of carbonyl (C=O) groups is 4. The number of esters is 4. The van der Waals surface area contributed by atoms with Gasteiger partial charge < -0.3 is 33.8 Å². The van der Waals surface area contributed by atoms with Gasteiger partial charge in [0.15, 0.2) is 12.2 Å². The van der Waals surface area contributed by atoms with Crippen LogP contribution in [0.1, 0.15) is 408 Å². The van der Waals surface area contributed by atoms with Gasteiger partial charge in [-0.25, -0.2) is 9.13 Å². The normalized spacial score (nSPS) is 14.8. The molecule has 3 N–H and O–H groups in total. The average Bonchev–Trinajstić information content (AvgIpc) is 3.68. The second kappa shape index (κ2) is 69.4. The topological polar surface area (TPSA) is 237 Å². The summed E-state index contributed by atoms with van der Waals surface area (Å²) in [5.41, 5.74) is 0. The predicted molar refractivity (Wildman–Crippen MR) is 400 cm³/mol. The zero-order valence-corrected chi connectivity index (χ0v) is 66.0. The van der Waals surface area contributed by atoms with E-state index in [1.165, 1.54) is 218 Å². The number of ether oxygens (including phenoxy) is 4. The summed E-state index contributed by atoms with van der Waals surface area (Å²) < 4.78 is 68.7. The van der Waals surface area contributed by atoms with Gasteiger partial charge in [0.1, 0.15) is 19.3 Å². The average molecular weight is 1440 g/mol. The number of hydrogen-bond acceptors (Lipinski definition) is 15. The number of rotatable bonds is 77. The summed E-state index contributed by atoms with van der Waals surface area (Å²) in [5.74, 6) is 0.346. The van der Waals surface area contributed by atoms with Crippen LogP contribution in [0.25, 0.3) is 0 Å². The lowest BCUT2D eigenvalue weighted by Crippen LogP contribution is -2.30. The Morgan fingerprint density at radius 1 is 0.286 bits per heavy atom. The first-order chi connectivity index (χ1) is 47.3. The molecule has 0 aromatic carbocycles. The van der Waals surface area contributed by atoms with Gasteiger partial charge in [-0.3, -0.25) is 37.3 Å². The fourth-order valence-electron chi connectivity index (χ4n) is 12.0. The van der Waals surface area contributed by atoms with Crippen LogP contribution >= 0.6 is 15.6 Å². The van der Waals surface area contributed by atoms with Gasteiger partial charge in [0.05, 0.1) is 26.4 Å². The second-order valence-corrected chi connectivity index (χ2v) is 32.1. The predicted octanol–water partition coefficient (Wildman–Crippen LogP) is 23.4. The van der Waals surface area contributed by atoms with Crippen molar-refractivity contribution in [2.24, 2.45) is 17.8 Å². The first-order valence-corrected chi connectivity index (χ1v) is 44.0. The molecule has 0 aliphatic carbocycles. The molecule has 0 heterocycles. The number of carbonyl (C=O) groups excluding carboxylic acids is 4. The monoisotopic (exact) mass is 1440 g/mol. The molecule has 0 aliphatic heterocycles. The molecule has 0 aromatic rings. The SMILES string of the molecule is CCCCCCCCCCCCCCC(=O)OC[C@H](COP(=O)(O)OC[C@H](O)COP(=O)(O)OC[C@@H](COC(=O)CCCCCCCCCCCCC(C)CC)OC(=O)CCCCCCCCCCCCCCCCC(C)CC)OC(=O)CCCCCCCCCCCCC(C)CC. The van der Waals surface area contributed by atoms with Crippen LogP contribution in [0, 0.1) is 17.8 Å². The van der Waals surface area contributed by atoms with Crippen LogP contribution in [0.2, 0.25) is 0 Å².